The van der Waals surface area contributed by atoms with Gasteiger partial charge in [0.25, 0.3) is 0 Å². The second kappa shape index (κ2) is 15.2. The molecule has 0 heterocycles. The number of para-hydroxylation sites is 2. The van der Waals surface area contributed by atoms with Crippen LogP contribution in [0.1, 0.15) is 89.2 Å². The summed E-state index contributed by atoms with van der Waals surface area (Å²) in [4.78, 5) is 24.3. The maximum Gasteiger partial charge on any atom is 0.224 e. The Morgan fingerprint density at radius 1 is 0.562 bits per heavy atom. The predicted molar refractivity (Wildman–Crippen MR) is 135 cm³/mol. The van der Waals surface area contributed by atoms with Crippen LogP contribution in [0.3, 0.4) is 0 Å². The van der Waals surface area contributed by atoms with Crippen LogP contribution >= 0.6 is 0 Å². The first-order chi connectivity index (χ1) is 15.6. The summed E-state index contributed by atoms with van der Waals surface area (Å²) in [7, 11) is 0. The Morgan fingerprint density at radius 3 is 1.28 bits per heavy atom. The number of unbranched alkanes of at least 4 members (excludes halogenated alkanes) is 7. The van der Waals surface area contributed by atoms with E-state index in [1.807, 2.05) is 36.4 Å². The minimum absolute atomic E-state index is 0.116. The summed E-state index contributed by atoms with van der Waals surface area (Å²) >= 11 is 0. The van der Waals surface area contributed by atoms with Crippen LogP contribution in [0.15, 0.2) is 48.5 Å². The van der Waals surface area contributed by atoms with Gasteiger partial charge in [0, 0.05) is 24.2 Å². The van der Waals surface area contributed by atoms with Gasteiger partial charge in [0.1, 0.15) is 0 Å². The van der Waals surface area contributed by atoms with Crippen molar-refractivity contribution >= 4 is 23.2 Å². The zero-order valence-electron chi connectivity index (χ0n) is 19.9. The van der Waals surface area contributed by atoms with Crippen LogP contribution in [-0.2, 0) is 22.4 Å². The fourth-order valence-corrected chi connectivity index (χ4v) is 3.96. The lowest BCUT2D eigenvalue weighted by Crippen LogP contribution is -2.12. The van der Waals surface area contributed by atoms with Gasteiger partial charge in [-0.1, -0.05) is 88.8 Å². The lowest BCUT2D eigenvalue weighted by molar-refractivity contribution is -0.117. The predicted octanol–water partition coefficient (Wildman–Crippen LogP) is 7.29. The molecule has 0 bridgehead atoms. The molecule has 174 valence electrons. The number of aryl methyl sites for hydroxylation is 2. The molecule has 2 aromatic rings. The Balaban J connectivity index is 1.45. The van der Waals surface area contributed by atoms with Gasteiger partial charge in [-0.2, -0.15) is 0 Å². The molecule has 0 unspecified atom stereocenters. The maximum atomic E-state index is 12.2. The zero-order chi connectivity index (χ0) is 23.0. The molecule has 2 N–H and O–H groups in total. The van der Waals surface area contributed by atoms with Crippen LogP contribution in [0.2, 0.25) is 0 Å². The van der Waals surface area contributed by atoms with Gasteiger partial charge in [-0.25, -0.2) is 0 Å². The van der Waals surface area contributed by atoms with Gasteiger partial charge in [0.05, 0.1) is 0 Å². The number of carbonyl (C=O) groups is 2. The Morgan fingerprint density at radius 2 is 0.906 bits per heavy atom. The van der Waals surface area contributed by atoms with E-state index in [1.165, 1.54) is 36.8 Å². The Kier molecular flexibility index (Phi) is 12.2. The summed E-state index contributed by atoms with van der Waals surface area (Å²) in [5.74, 6) is 0.233. The lowest BCUT2D eigenvalue weighted by atomic mass is 10.1. The lowest BCUT2D eigenvalue weighted by Gasteiger charge is -2.10. The highest BCUT2D eigenvalue weighted by molar-refractivity contribution is 5.92. The average Bonchev–Trinajstić information content (AvgIpc) is 2.81. The third-order valence-corrected chi connectivity index (χ3v) is 5.90. The highest BCUT2D eigenvalue weighted by Crippen LogP contribution is 2.18. The van der Waals surface area contributed by atoms with Crippen molar-refractivity contribution in [3.63, 3.8) is 0 Å². The van der Waals surface area contributed by atoms with E-state index >= 15 is 0 Å². The van der Waals surface area contributed by atoms with E-state index in [4.69, 9.17) is 0 Å². The maximum absolute atomic E-state index is 12.2. The average molecular weight is 437 g/mol. The quantitative estimate of drug-likeness (QED) is 0.288. The van der Waals surface area contributed by atoms with Gasteiger partial charge in [0.15, 0.2) is 0 Å². The first kappa shape index (κ1) is 25.6. The number of hydrogen-bond donors (Lipinski definition) is 2. The number of anilines is 2. The SMILES string of the molecule is CCc1ccccc1NC(=O)CCCCCCCCCCC(=O)Nc1ccccc1CC. The van der Waals surface area contributed by atoms with Crippen molar-refractivity contribution in [2.75, 3.05) is 10.6 Å². The van der Waals surface area contributed by atoms with E-state index in [9.17, 15) is 9.59 Å². The molecule has 0 saturated heterocycles. The summed E-state index contributed by atoms with van der Waals surface area (Å²) in [5, 5.41) is 6.09. The van der Waals surface area contributed by atoms with Crippen molar-refractivity contribution in [3.8, 4) is 0 Å². The third kappa shape index (κ3) is 9.67. The molecule has 0 spiro atoms. The molecule has 32 heavy (non-hydrogen) atoms. The normalized spacial score (nSPS) is 10.7. The van der Waals surface area contributed by atoms with Crippen LogP contribution in [0.5, 0.6) is 0 Å². The van der Waals surface area contributed by atoms with E-state index < -0.39 is 0 Å². The van der Waals surface area contributed by atoms with Crippen LogP contribution in [0, 0.1) is 0 Å². The Labute approximate surface area is 194 Å². The van der Waals surface area contributed by atoms with E-state index in [-0.39, 0.29) is 11.8 Å². The molecule has 2 aromatic carbocycles. The van der Waals surface area contributed by atoms with Crippen LogP contribution in [0.4, 0.5) is 11.4 Å². The molecule has 0 radical (unpaired) electrons. The molecular formula is C28H40N2O2. The molecular weight excluding hydrogens is 396 g/mol. The van der Waals surface area contributed by atoms with Crippen molar-refractivity contribution in [2.45, 2.75) is 90.9 Å². The van der Waals surface area contributed by atoms with Crippen LogP contribution < -0.4 is 10.6 Å². The molecule has 2 amide bonds. The van der Waals surface area contributed by atoms with E-state index in [2.05, 4.69) is 36.6 Å². The van der Waals surface area contributed by atoms with E-state index in [0.29, 0.717) is 12.8 Å². The standard InChI is InChI=1S/C28H40N2O2/c1-3-23-17-13-15-19-25(23)29-27(31)21-11-9-7-5-6-8-10-12-22-28(32)30-26-20-16-14-18-24(26)4-2/h13-20H,3-12,21-22H2,1-2H3,(H,29,31)(H,30,32). The summed E-state index contributed by atoms with van der Waals surface area (Å²) < 4.78 is 0. The number of amides is 2. The highest BCUT2D eigenvalue weighted by atomic mass is 16.2. The summed E-state index contributed by atoms with van der Waals surface area (Å²) in [6.45, 7) is 4.21. The smallest absolute Gasteiger partial charge is 0.224 e. The van der Waals surface area contributed by atoms with Gasteiger partial charge >= 0.3 is 0 Å². The number of nitrogens with one attached hydrogen (secondary N) is 2. The van der Waals surface area contributed by atoms with Crippen molar-refractivity contribution in [1.82, 2.24) is 0 Å². The second-order valence-electron chi connectivity index (χ2n) is 8.45. The molecule has 2 rings (SSSR count). The topological polar surface area (TPSA) is 58.2 Å². The van der Waals surface area contributed by atoms with Crippen molar-refractivity contribution in [1.29, 1.82) is 0 Å². The molecule has 0 aliphatic heterocycles. The van der Waals surface area contributed by atoms with Gasteiger partial charge in [-0.3, -0.25) is 9.59 Å². The summed E-state index contributed by atoms with van der Waals surface area (Å²) in [6.07, 6.45) is 11.9. The summed E-state index contributed by atoms with van der Waals surface area (Å²) in [6, 6.07) is 16.0. The minimum Gasteiger partial charge on any atom is -0.326 e. The summed E-state index contributed by atoms with van der Waals surface area (Å²) in [5.41, 5.74) is 4.26. The molecule has 0 aliphatic carbocycles. The van der Waals surface area contributed by atoms with E-state index in [0.717, 1.165) is 49.9 Å². The van der Waals surface area contributed by atoms with Crippen LogP contribution in [-0.4, -0.2) is 11.8 Å². The van der Waals surface area contributed by atoms with Crippen molar-refractivity contribution in [3.05, 3.63) is 59.7 Å². The van der Waals surface area contributed by atoms with Crippen molar-refractivity contribution < 1.29 is 9.59 Å². The molecule has 0 aliphatic rings. The van der Waals surface area contributed by atoms with Crippen LogP contribution in [0.25, 0.3) is 0 Å². The number of rotatable bonds is 15. The third-order valence-electron chi connectivity index (χ3n) is 5.90. The number of hydrogen-bond acceptors (Lipinski definition) is 2. The fraction of sp³-hybridized carbons (Fsp3) is 0.500. The van der Waals surface area contributed by atoms with Gasteiger partial charge in [0.2, 0.25) is 11.8 Å². The minimum atomic E-state index is 0.116. The number of benzene rings is 2. The number of carbonyl (C=O) groups excluding carboxylic acids is 2. The largest absolute Gasteiger partial charge is 0.326 e. The van der Waals surface area contributed by atoms with Gasteiger partial charge < -0.3 is 10.6 Å². The molecule has 0 aromatic heterocycles. The van der Waals surface area contributed by atoms with Crippen molar-refractivity contribution in [2.24, 2.45) is 0 Å². The molecule has 4 heteroatoms. The monoisotopic (exact) mass is 436 g/mol. The second-order valence-corrected chi connectivity index (χ2v) is 8.45. The van der Waals surface area contributed by atoms with Gasteiger partial charge in [-0.05, 0) is 48.9 Å². The molecule has 0 fully saturated rings. The Bertz CT molecular complexity index is 762. The molecule has 0 atom stereocenters. The first-order valence-corrected chi connectivity index (χ1v) is 12.4. The fourth-order valence-electron chi connectivity index (χ4n) is 3.96. The molecule has 0 saturated carbocycles. The Hall–Kier alpha value is -2.62. The first-order valence-electron chi connectivity index (χ1n) is 12.4. The van der Waals surface area contributed by atoms with E-state index in [1.54, 1.807) is 0 Å². The zero-order valence-corrected chi connectivity index (χ0v) is 19.9. The molecule has 4 nitrogen and oxygen atoms in total. The highest BCUT2D eigenvalue weighted by Gasteiger charge is 2.06. The van der Waals surface area contributed by atoms with Gasteiger partial charge in [-0.15, -0.1) is 0 Å².